The molecule has 2 aliphatic heterocycles. The van der Waals surface area contributed by atoms with Crippen LogP contribution in [0.1, 0.15) is 110 Å². The van der Waals surface area contributed by atoms with Crippen molar-refractivity contribution >= 4 is 28.3 Å². The fourth-order valence-corrected chi connectivity index (χ4v) is 10.3. The average molecular weight is 930 g/mol. The van der Waals surface area contributed by atoms with E-state index in [9.17, 15) is 25.2 Å². The largest absolute Gasteiger partial charge is 0.508 e. The van der Waals surface area contributed by atoms with Crippen LogP contribution in [-0.2, 0) is 41.8 Å². The minimum atomic E-state index is -0.549. The smallest absolute Gasteiger partial charge is 0.161 e. The Morgan fingerprint density at radius 1 is 0.899 bits per heavy atom. The number of benzene rings is 5. The lowest BCUT2D eigenvalue weighted by Crippen LogP contribution is -2.33. The molecule has 5 N–H and O–H groups in total. The van der Waals surface area contributed by atoms with E-state index in [2.05, 4.69) is 85.0 Å². The van der Waals surface area contributed by atoms with Gasteiger partial charge < -0.3 is 40.0 Å². The molecule has 5 aromatic rings. The van der Waals surface area contributed by atoms with Gasteiger partial charge in [-0.2, -0.15) is 0 Å². The fraction of sp³-hybridized carbons (Fsp3) is 0.383. The van der Waals surface area contributed by atoms with Crippen LogP contribution in [0, 0.1) is 23.9 Å². The first kappa shape index (κ1) is 49.0. The Balaban J connectivity index is 1.01. The van der Waals surface area contributed by atoms with E-state index in [4.69, 9.17) is 14.2 Å². The number of aromatic hydroxyl groups is 1. The van der Waals surface area contributed by atoms with E-state index in [1.165, 1.54) is 11.1 Å². The van der Waals surface area contributed by atoms with Gasteiger partial charge in [-0.15, -0.1) is 0 Å². The van der Waals surface area contributed by atoms with Gasteiger partial charge in [-0.3, -0.25) is 4.79 Å². The molecule has 69 heavy (non-hydrogen) atoms. The molecule has 2 aliphatic carbocycles. The van der Waals surface area contributed by atoms with E-state index < -0.39 is 12.2 Å². The number of methoxy groups -OCH3 is 1. The Morgan fingerprint density at radius 3 is 2.55 bits per heavy atom. The highest BCUT2D eigenvalue weighted by Crippen LogP contribution is 2.42. The molecule has 0 spiro atoms. The number of carbonyl (C=O) groups excluding carboxylic acids is 1. The molecule has 9 nitrogen and oxygen atoms in total. The Bertz CT molecular complexity index is 2740. The zero-order chi connectivity index (χ0) is 48.3. The van der Waals surface area contributed by atoms with Crippen LogP contribution in [-0.4, -0.2) is 58.2 Å². The molecule has 2 heterocycles. The predicted molar refractivity (Wildman–Crippen MR) is 275 cm³/mol. The maximum Gasteiger partial charge on any atom is 0.161 e. The molecular formula is C60H67NO8. The quantitative estimate of drug-likeness (QED) is 0.0484. The molecule has 0 aromatic heterocycles. The number of carbonyl (C=O) groups is 1. The summed E-state index contributed by atoms with van der Waals surface area (Å²) in [5.41, 5.74) is 9.01. The average Bonchev–Trinajstić information content (AvgIpc) is 3.34. The van der Waals surface area contributed by atoms with E-state index in [1.54, 1.807) is 7.11 Å². The zero-order valence-corrected chi connectivity index (χ0v) is 40.3. The van der Waals surface area contributed by atoms with Crippen molar-refractivity contribution in [2.45, 2.75) is 122 Å². The first-order valence-electron chi connectivity index (χ1n) is 24.8. The fourth-order valence-electron chi connectivity index (χ4n) is 10.3. The highest BCUT2D eigenvalue weighted by Gasteiger charge is 2.29. The lowest BCUT2D eigenvalue weighted by molar-refractivity contribution is -0.121. The van der Waals surface area contributed by atoms with Crippen LogP contribution in [0.15, 0.2) is 121 Å². The van der Waals surface area contributed by atoms with Crippen molar-refractivity contribution in [1.82, 2.24) is 0 Å². The highest BCUT2D eigenvalue weighted by atomic mass is 16.5. The number of rotatable bonds is 16. The van der Waals surface area contributed by atoms with Crippen LogP contribution in [0.5, 0.6) is 17.2 Å². The number of hydrogen-bond donors (Lipinski definition) is 5. The molecule has 0 amide bonds. The molecular weight excluding hydrogens is 863 g/mol. The van der Waals surface area contributed by atoms with E-state index >= 15 is 0 Å². The second kappa shape index (κ2) is 23.2. The number of ether oxygens (including phenoxy) is 3. The SMILES string of the molecule is COc1ccc2cc1OCc1ccc3c(c(O)cc4c3c1C=C[C@H]4C)CC#CO[C@@H](C[C@H]1C=C(O)C(CCCO)=C[C@@H]1CCCCc1cccc(N[C@H](Cc3ccccc3)[C@H](C)O)c1)CC(=O)CC2. The molecule has 6 bridgehead atoms. The van der Waals surface area contributed by atoms with Crippen molar-refractivity contribution in [3.8, 4) is 29.3 Å². The van der Waals surface area contributed by atoms with Crippen molar-refractivity contribution in [3.05, 3.63) is 159 Å². The molecule has 0 saturated heterocycles. The zero-order valence-electron chi connectivity index (χ0n) is 40.3. The number of phenols is 1. The van der Waals surface area contributed by atoms with E-state index in [1.807, 2.05) is 61.5 Å². The molecule has 360 valence electrons. The maximum absolute atomic E-state index is 13.9. The van der Waals surface area contributed by atoms with Crippen LogP contribution in [0.25, 0.3) is 16.8 Å². The Morgan fingerprint density at radius 2 is 1.74 bits per heavy atom. The van der Waals surface area contributed by atoms with Gasteiger partial charge in [-0.05, 0) is 156 Å². The van der Waals surface area contributed by atoms with Gasteiger partial charge in [0.25, 0.3) is 0 Å². The van der Waals surface area contributed by atoms with Crippen LogP contribution >= 0.6 is 0 Å². The molecule has 0 saturated carbocycles. The van der Waals surface area contributed by atoms with Crippen molar-refractivity contribution in [2.75, 3.05) is 19.0 Å². The Kier molecular flexibility index (Phi) is 16.5. The second-order valence-corrected chi connectivity index (χ2v) is 19.1. The van der Waals surface area contributed by atoms with Gasteiger partial charge in [-0.25, -0.2) is 0 Å². The monoisotopic (exact) mass is 929 g/mol. The molecule has 0 fully saturated rings. The van der Waals surface area contributed by atoms with Crippen LogP contribution in [0.2, 0.25) is 0 Å². The Hall–Kier alpha value is -6.47. The standard InChI is InChI=1S/C60H67NO8/c1-39-20-25-51-46-23-26-53-52(57(66)37-54(39)60(51)53)19-11-29-68-50(36-49(64)24-21-43-22-27-58(67-3)59(32-43)69-38-46)34-47-35-56(65)45(17-10-28-62)33-44(47)16-8-7-14-41-15-9-18-48(30-41)61-55(40(2)63)31-42-12-5-4-6-13-42/h4-6,9,12-13,15,18,20,22-23,25-27,30,32-33,35,37,39-40,44,47,50,55,61-63,65-66H,7-8,10,14,16-17,19,21,24,28,31,34,36,38H2,1-3H3/t39-,40+,44+,47+,50+,55-/m1/s1. The number of nitrogens with one attached hydrogen (secondary N) is 1. The molecule has 0 unspecified atom stereocenters. The van der Waals surface area contributed by atoms with Crippen LogP contribution < -0.4 is 14.8 Å². The maximum atomic E-state index is 13.9. The van der Waals surface area contributed by atoms with Gasteiger partial charge in [0.2, 0.25) is 0 Å². The minimum Gasteiger partial charge on any atom is -0.508 e. The number of aliphatic hydroxyl groups is 3. The van der Waals surface area contributed by atoms with Gasteiger partial charge in [0.05, 0.1) is 19.3 Å². The third-order valence-electron chi connectivity index (χ3n) is 14.1. The highest BCUT2D eigenvalue weighted by molar-refractivity contribution is 6.00. The van der Waals surface area contributed by atoms with E-state index in [0.717, 1.165) is 75.5 Å². The number of aryl methyl sites for hydroxylation is 2. The van der Waals surface area contributed by atoms with Crippen molar-refractivity contribution in [2.24, 2.45) is 11.8 Å². The van der Waals surface area contributed by atoms with Crippen LogP contribution in [0.3, 0.4) is 0 Å². The first-order chi connectivity index (χ1) is 33.6. The number of allylic oxidation sites excluding steroid dienone is 4. The molecule has 9 heteroatoms. The normalized spacial score (nSPS) is 20.0. The summed E-state index contributed by atoms with van der Waals surface area (Å²) in [5, 5.41) is 48.6. The molecule has 5 aromatic carbocycles. The molecule has 9 rings (SSSR count). The number of Topliss-reactive ketones (excluding diaryl/α,β-unsaturated/α-hetero) is 1. The summed E-state index contributed by atoms with van der Waals surface area (Å²) < 4.78 is 18.5. The third-order valence-corrected chi connectivity index (χ3v) is 14.1. The number of unbranched alkanes of at least 4 members (excludes halogenated alkanes) is 1. The minimum absolute atomic E-state index is 0.0362. The number of aliphatic hydroxyl groups excluding tert-OH is 3. The lowest BCUT2D eigenvalue weighted by Gasteiger charge is -2.30. The lowest BCUT2D eigenvalue weighted by atomic mass is 9.77. The molecule has 4 aliphatic rings. The van der Waals surface area contributed by atoms with Crippen molar-refractivity contribution < 1.29 is 39.4 Å². The predicted octanol–water partition coefficient (Wildman–Crippen LogP) is 11.7. The molecule has 0 radical (unpaired) electrons. The van der Waals surface area contributed by atoms with Gasteiger partial charge in [-0.1, -0.05) is 98.2 Å². The number of hydrogen-bond acceptors (Lipinski definition) is 9. The molecule has 6 atom stereocenters. The summed E-state index contributed by atoms with van der Waals surface area (Å²) >= 11 is 0. The summed E-state index contributed by atoms with van der Waals surface area (Å²) in [5.74, 6) is 4.93. The third kappa shape index (κ3) is 12.4. The summed E-state index contributed by atoms with van der Waals surface area (Å²) in [6.45, 7) is 4.30. The Labute approximate surface area is 407 Å². The van der Waals surface area contributed by atoms with Crippen molar-refractivity contribution in [3.63, 3.8) is 0 Å². The summed E-state index contributed by atoms with van der Waals surface area (Å²) in [7, 11) is 1.62. The van der Waals surface area contributed by atoms with Gasteiger partial charge in [0, 0.05) is 43.0 Å². The second-order valence-electron chi connectivity index (χ2n) is 19.1. The number of phenolic OH excluding ortho intramolecular Hbond substituents is 1. The topological polar surface area (TPSA) is 138 Å². The summed E-state index contributed by atoms with van der Waals surface area (Å²) in [4.78, 5) is 13.9. The van der Waals surface area contributed by atoms with Gasteiger partial charge >= 0.3 is 0 Å². The summed E-state index contributed by atoms with van der Waals surface area (Å²) in [6, 6.07) is 30.3. The first-order valence-corrected chi connectivity index (χ1v) is 24.8. The number of ketones is 1. The number of anilines is 1. The van der Waals surface area contributed by atoms with Gasteiger partial charge in [0.1, 0.15) is 36.1 Å². The van der Waals surface area contributed by atoms with Crippen LogP contribution in [0.4, 0.5) is 5.69 Å². The van der Waals surface area contributed by atoms with E-state index in [0.29, 0.717) is 56.6 Å². The van der Waals surface area contributed by atoms with Crippen molar-refractivity contribution in [1.29, 1.82) is 0 Å². The summed E-state index contributed by atoms with van der Waals surface area (Å²) in [6.07, 6.45) is 17.4. The number of fused-ring (bicyclic) bond motifs is 9. The van der Waals surface area contributed by atoms with Gasteiger partial charge in [0.15, 0.2) is 11.5 Å². The van der Waals surface area contributed by atoms with E-state index in [-0.39, 0.29) is 60.5 Å².